The summed E-state index contributed by atoms with van der Waals surface area (Å²) in [5.74, 6) is 0.439. The smallest absolute Gasteiger partial charge is 0.255 e. The first kappa shape index (κ1) is 30.9. The summed E-state index contributed by atoms with van der Waals surface area (Å²) in [6, 6.07) is 9.30. The monoisotopic (exact) mass is 628 g/mol. The number of likely N-dealkylation sites (tertiary alicyclic amines) is 2. The van der Waals surface area contributed by atoms with Gasteiger partial charge in [-0.25, -0.2) is 8.91 Å². The van der Waals surface area contributed by atoms with Crippen LogP contribution in [0.4, 0.5) is 4.39 Å². The van der Waals surface area contributed by atoms with Crippen LogP contribution in [0.5, 0.6) is 0 Å². The SMILES string of the molecule is COC(C)(C)C(=O)N1CCC(c2cc(F)cc3cc(-c4nn5cc(C(=O)N6CCC[C@@H](N)C6)ccc5c4C)n(CC4CC4)c23)CC1. The lowest BCUT2D eigenvalue weighted by Crippen LogP contribution is -2.49. The molecule has 9 nitrogen and oxygen atoms in total. The van der Waals surface area contributed by atoms with Crippen molar-refractivity contribution in [2.45, 2.75) is 83.4 Å². The van der Waals surface area contributed by atoms with E-state index in [1.54, 1.807) is 33.1 Å². The first-order valence-electron chi connectivity index (χ1n) is 16.8. The van der Waals surface area contributed by atoms with Gasteiger partial charge in [0.2, 0.25) is 0 Å². The summed E-state index contributed by atoms with van der Waals surface area (Å²) in [6.45, 7) is 9.03. The highest BCUT2D eigenvalue weighted by Gasteiger charge is 2.35. The van der Waals surface area contributed by atoms with E-state index in [0.29, 0.717) is 37.7 Å². The average molecular weight is 629 g/mol. The number of piperidine rings is 2. The van der Waals surface area contributed by atoms with Crippen molar-refractivity contribution in [2.24, 2.45) is 11.7 Å². The number of methoxy groups -OCH3 is 1. The van der Waals surface area contributed by atoms with Gasteiger partial charge in [0, 0.05) is 63.0 Å². The Morgan fingerprint density at radius 3 is 2.50 bits per heavy atom. The minimum atomic E-state index is -0.867. The molecule has 0 spiro atoms. The maximum atomic E-state index is 15.3. The van der Waals surface area contributed by atoms with Crippen molar-refractivity contribution < 1.29 is 18.7 Å². The minimum absolute atomic E-state index is 0.0103. The third kappa shape index (κ3) is 5.59. The molecular formula is C36H45FN6O3. The first-order valence-corrected chi connectivity index (χ1v) is 16.8. The van der Waals surface area contributed by atoms with Crippen LogP contribution in [0.3, 0.4) is 0 Å². The number of fused-ring (bicyclic) bond motifs is 2. The lowest BCUT2D eigenvalue weighted by molar-refractivity contribution is -0.152. The Labute approximate surface area is 269 Å². The molecule has 3 aliphatic rings. The van der Waals surface area contributed by atoms with Crippen LogP contribution in [-0.2, 0) is 16.1 Å². The molecule has 5 heterocycles. The van der Waals surface area contributed by atoms with E-state index in [1.165, 1.54) is 12.8 Å². The van der Waals surface area contributed by atoms with Gasteiger partial charge in [-0.15, -0.1) is 0 Å². The van der Waals surface area contributed by atoms with Gasteiger partial charge in [-0.3, -0.25) is 9.59 Å². The topological polar surface area (TPSA) is 98.1 Å². The highest BCUT2D eigenvalue weighted by Crippen LogP contribution is 2.41. The van der Waals surface area contributed by atoms with Crippen LogP contribution in [0, 0.1) is 18.7 Å². The number of hydrogen-bond donors (Lipinski definition) is 1. The molecule has 3 aromatic heterocycles. The molecule has 1 saturated carbocycles. The molecule has 1 atom stereocenters. The van der Waals surface area contributed by atoms with Crippen LogP contribution in [0.15, 0.2) is 36.5 Å². The second kappa shape index (κ2) is 11.8. The van der Waals surface area contributed by atoms with E-state index in [0.717, 1.165) is 71.2 Å². The van der Waals surface area contributed by atoms with Crippen LogP contribution in [0.1, 0.15) is 79.8 Å². The van der Waals surface area contributed by atoms with Crippen molar-refractivity contribution in [3.8, 4) is 11.4 Å². The fourth-order valence-corrected chi connectivity index (χ4v) is 7.45. The van der Waals surface area contributed by atoms with Gasteiger partial charge in [0.05, 0.1) is 22.3 Å². The summed E-state index contributed by atoms with van der Waals surface area (Å²) in [5.41, 5.74) is 11.7. The van der Waals surface area contributed by atoms with E-state index >= 15 is 4.39 Å². The molecule has 2 N–H and O–H groups in total. The van der Waals surface area contributed by atoms with Gasteiger partial charge in [0.15, 0.2) is 0 Å². The van der Waals surface area contributed by atoms with Crippen LogP contribution in [0.25, 0.3) is 27.8 Å². The predicted octanol–water partition coefficient (Wildman–Crippen LogP) is 5.51. The molecule has 46 heavy (non-hydrogen) atoms. The zero-order valence-electron chi connectivity index (χ0n) is 27.4. The molecule has 10 heteroatoms. The summed E-state index contributed by atoms with van der Waals surface area (Å²) in [5, 5.41) is 5.92. The highest BCUT2D eigenvalue weighted by molar-refractivity contribution is 5.95. The van der Waals surface area contributed by atoms with Crippen molar-refractivity contribution in [1.82, 2.24) is 24.0 Å². The zero-order valence-corrected chi connectivity index (χ0v) is 27.4. The maximum absolute atomic E-state index is 15.3. The van der Waals surface area contributed by atoms with Crippen LogP contribution in [0.2, 0.25) is 0 Å². The number of benzene rings is 1. The number of carbonyl (C=O) groups is 2. The van der Waals surface area contributed by atoms with Gasteiger partial charge >= 0.3 is 0 Å². The Morgan fingerprint density at radius 1 is 1.04 bits per heavy atom. The molecule has 3 fully saturated rings. The van der Waals surface area contributed by atoms with Crippen molar-refractivity contribution in [1.29, 1.82) is 0 Å². The molecule has 2 amide bonds. The summed E-state index contributed by atoms with van der Waals surface area (Å²) in [4.78, 5) is 30.1. The molecule has 244 valence electrons. The second-order valence-electron chi connectivity index (χ2n) is 14.2. The number of nitrogens with zero attached hydrogens (tertiary/aromatic N) is 5. The molecule has 0 unspecified atom stereocenters. The molecule has 2 aliphatic heterocycles. The third-order valence-corrected chi connectivity index (χ3v) is 10.5. The Balaban J connectivity index is 1.25. The normalized spacial score (nSPS) is 19.8. The number of amides is 2. The van der Waals surface area contributed by atoms with E-state index in [4.69, 9.17) is 15.6 Å². The Kier molecular flexibility index (Phi) is 7.92. The van der Waals surface area contributed by atoms with Crippen LogP contribution >= 0.6 is 0 Å². The highest BCUT2D eigenvalue weighted by atomic mass is 19.1. The fraction of sp³-hybridized carbons (Fsp3) is 0.528. The molecule has 4 aromatic rings. The zero-order chi connectivity index (χ0) is 32.3. The number of aromatic nitrogens is 3. The van der Waals surface area contributed by atoms with E-state index < -0.39 is 5.60 Å². The van der Waals surface area contributed by atoms with Crippen molar-refractivity contribution in [3.63, 3.8) is 0 Å². The summed E-state index contributed by atoms with van der Waals surface area (Å²) in [7, 11) is 1.56. The van der Waals surface area contributed by atoms with Crippen LogP contribution in [-0.4, -0.2) is 80.7 Å². The van der Waals surface area contributed by atoms with Crippen molar-refractivity contribution >= 4 is 28.2 Å². The number of hydrogen-bond acceptors (Lipinski definition) is 5. The van der Waals surface area contributed by atoms with Gasteiger partial charge in [0.25, 0.3) is 11.8 Å². The second-order valence-corrected chi connectivity index (χ2v) is 14.2. The van der Waals surface area contributed by atoms with Gasteiger partial charge in [-0.1, -0.05) is 0 Å². The van der Waals surface area contributed by atoms with E-state index in [9.17, 15) is 9.59 Å². The standard InChI is InChI=1S/C36H45FN6O3/c1-22-30-10-9-25(34(44)41-13-5-6-28(38)21-41)20-43(30)39-32(22)31-17-26-16-27(37)18-29(33(26)42(31)19-23-7-8-23)24-11-14-40(15-12-24)35(45)36(2,3)46-4/h9-10,16-18,20,23-24,28H,5-8,11-15,19,21,38H2,1-4H3/t28-/m1/s1. The Bertz CT molecular complexity index is 1810. The summed E-state index contributed by atoms with van der Waals surface area (Å²) >= 11 is 0. The van der Waals surface area contributed by atoms with E-state index in [2.05, 4.69) is 17.6 Å². The number of halogens is 1. The van der Waals surface area contributed by atoms with E-state index in [1.807, 2.05) is 32.6 Å². The third-order valence-electron chi connectivity index (χ3n) is 10.5. The van der Waals surface area contributed by atoms with Gasteiger partial charge in [0.1, 0.15) is 17.1 Å². The number of rotatable bonds is 7. The molecule has 0 radical (unpaired) electrons. The first-order chi connectivity index (χ1) is 22.0. The Morgan fingerprint density at radius 2 is 1.80 bits per heavy atom. The molecular weight excluding hydrogens is 583 g/mol. The van der Waals surface area contributed by atoms with Crippen LogP contribution < -0.4 is 5.73 Å². The van der Waals surface area contributed by atoms with Crippen molar-refractivity contribution in [2.75, 3.05) is 33.3 Å². The largest absolute Gasteiger partial charge is 0.369 e. The minimum Gasteiger partial charge on any atom is -0.369 e. The summed E-state index contributed by atoms with van der Waals surface area (Å²) in [6.07, 6.45) is 7.57. The van der Waals surface area contributed by atoms with Gasteiger partial charge < -0.3 is 24.8 Å². The number of nitrogens with two attached hydrogens (primary N) is 1. The molecule has 2 saturated heterocycles. The number of ether oxygens (including phenoxy) is 1. The number of aryl methyl sites for hydroxylation is 1. The fourth-order valence-electron chi connectivity index (χ4n) is 7.45. The molecule has 7 rings (SSSR count). The summed E-state index contributed by atoms with van der Waals surface area (Å²) < 4.78 is 24.9. The predicted molar refractivity (Wildman–Crippen MR) is 176 cm³/mol. The van der Waals surface area contributed by atoms with Gasteiger partial charge in [-0.2, -0.15) is 5.10 Å². The van der Waals surface area contributed by atoms with E-state index in [-0.39, 0.29) is 29.6 Å². The molecule has 1 aliphatic carbocycles. The number of pyridine rings is 1. The quantitative estimate of drug-likeness (QED) is 0.291. The molecule has 0 bridgehead atoms. The number of carbonyl (C=O) groups excluding carboxylic acids is 2. The maximum Gasteiger partial charge on any atom is 0.255 e. The molecule has 1 aromatic carbocycles. The lowest BCUT2D eigenvalue weighted by atomic mass is 9.87. The van der Waals surface area contributed by atoms with Gasteiger partial charge in [-0.05, 0) is 107 Å². The lowest BCUT2D eigenvalue weighted by Gasteiger charge is -2.36. The van der Waals surface area contributed by atoms with Crippen molar-refractivity contribution in [3.05, 3.63) is 59.0 Å². The average Bonchev–Trinajstić information content (AvgIpc) is 3.73. The Hall–Kier alpha value is -3.76.